The van der Waals surface area contributed by atoms with Gasteiger partial charge in [0.15, 0.2) is 0 Å². The number of amides is 1. The third kappa shape index (κ3) is 4.17. The average molecular weight is 283 g/mol. The van der Waals surface area contributed by atoms with Crippen molar-refractivity contribution in [3.05, 3.63) is 0 Å². The monoisotopic (exact) mass is 283 g/mol. The topological polar surface area (TPSA) is 58.8 Å². The second-order valence-corrected chi connectivity index (χ2v) is 6.02. The molecule has 116 valence electrons. The van der Waals surface area contributed by atoms with Crippen LogP contribution in [0.1, 0.15) is 26.2 Å². The molecule has 2 aliphatic rings. The predicted octanol–water partition coefficient (Wildman–Crippen LogP) is 0.542. The van der Waals surface area contributed by atoms with Gasteiger partial charge in [-0.2, -0.15) is 0 Å². The summed E-state index contributed by atoms with van der Waals surface area (Å²) in [6.45, 7) is 9.35. The lowest BCUT2D eigenvalue weighted by atomic mass is 9.94. The number of ether oxygens (including phenoxy) is 1. The number of nitrogens with two attached hydrogens (primary N) is 1. The summed E-state index contributed by atoms with van der Waals surface area (Å²) >= 11 is 0. The van der Waals surface area contributed by atoms with Crippen LogP contribution in [0.5, 0.6) is 0 Å². The van der Waals surface area contributed by atoms with E-state index in [-0.39, 0.29) is 11.8 Å². The van der Waals surface area contributed by atoms with E-state index in [1.807, 2.05) is 11.8 Å². The summed E-state index contributed by atoms with van der Waals surface area (Å²) < 4.78 is 5.38. The van der Waals surface area contributed by atoms with E-state index in [1.54, 1.807) is 0 Å². The highest BCUT2D eigenvalue weighted by atomic mass is 16.5. The number of morpholine rings is 1. The molecule has 0 radical (unpaired) electrons. The van der Waals surface area contributed by atoms with E-state index in [0.29, 0.717) is 6.54 Å². The molecule has 0 aromatic carbocycles. The van der Waals surface area contributed by atoms with Crippen molar-refractivity contribution in [2.24, 2.45) is 17.6 Å². The van der Waals surface area contributed by atoms with E-state index in [2.05, 4.69) is 4.90 Å². The smallest absolute Gasteiger partial charge is 0.226 e. The summed E-state index contributed by atoms with van der Waals surface area (Å²) in [6, 6.07) is 0. The van der Waals surface area contributed by atoms with Crippen molar-refractivity contribution in [2.75, 3.05) is 52.5 Å². The number of hydrogen-bond donors (Lipinski definition) is 1. The van der Waals surface area contributed by atoms with Gasteiger partial charge < -0.3 is 15.4 Å². The van der Waals surface area contributed by atoms with Gasteiger partial charge >= 0.3 is 0 Å². The molecule has 5 nitrogen and oxygen atoms in total. The second-order valence-electron chi connectivity index (χ2n) is 6.02. The Kier molecular flexibility index (Phi) is 6.26. The van der Waals surface area contributed by atoms with Crippen molar-refractivity contribution in [2.45, 2.75) is 26.2 Å². The summed E-state index contributed by atoms with van der Waals surface area (Å²) in [6.07, 6.45) is 3.11. The molecule has 0 aliphatic carbocycles. The van der Waals surface area contributed by atoms with Crippen LogP contribution in [0.25, 0.3) is 0 Å². The number of carbonyl (C=O) groups excluding carboxylic acids is 1. The van der Waals surface area contributed by atoms with Crippen LogP contribution in [0.2, 0.25) is 0 Å². The quantitative estimate of drug-likeness (QED) is 0.800. The van der Waals surface area contributed by atoms with Gasteiger partial charge in [0.2, 0.25) is 5.91 Å². The molecule has 1 unspecified atom stereocenters. The lowest BCUT2D eigenvalue weighted by Crippen LogP contribution is -2.46. The van der Waals surface area contributed by atoms with Crippen molar-refractivity contribution in [3.63, 3.8) is 0 Å². The SMILES string of the molecule is CCC(CN)C(=O)N1CCC(CN2CCOCC2)CC1. The highest BCUT2D eigenvalue weighted by Crippen LogP contribution is 2.21. The molecule has 2 heterocycles. The van der Waals surface area contributed by atoms with Crippen LogP contribution in [0.4, 0.5) is 0 Å². The Balaban J connectivity index is 1.72. The molecule has 2 rings (SSSR count). The standard InChI is InChI=1S/C15H29N3O2/c1-2-14(11-16)15(19)18-5-3-13(4-6-18)12-17-7-9-20-10-8-17/h13-14H,2-12,16H2,1H3. The van der Waals surface area contributed by atoms with Crippen molar-refractivity contribution < 1.29 is 9.53 Å². The number of piperidine rings is 1. The predicted molar refractivity (Wildman–Crippen MR) is 79.4 cm³/mol. The van der Waals surface area contributed by atoms with Crippen molar-refractivity contribution in [3.8, 4) is 0 Å². The van der Waals surface area contributed by atoms with E-state index >= 15 is 0 Å². The Morgan fingerprint density at radius 2 is 1.90 bits per heavy atom. The van der Waals surface area contributed by atoms with Gasteiger partial charge in [-0.3, -0.25) is 9.69 Å². The maximum absolute atomic E-state index is 12.3. The molecule has 2 saturated heterocycles. The minimum Gasteiger partial charge on any atom is -0.379 e. The molecule has 0 aromatic heterocycles. The van der Waals surface area contributed by atoms with Crippen molar-refractivity contribution in [1.82, 2.24) is 9.80 Å². The zero-order valence-electron chi connectivity index (χ0n) is 12.7. The van der Waals surface area contributed by atoms with Gasteiger partial charge in [0, 0.05) is 39.3 Å². The first-order chi connectivity index (χ1) is 9.74. The number of carbonyl (C=O) groups is 1. The van der Waals surface area contributed by atoms with Gasteiger partial charge in [-0.1, -0.05) is 6.92 Å². The van der Waals surface area contributed by atoms with Crippen molar-refractivity contribution >= 4 is 5.91 Å². The summed E-state index contributed by atoms with van der Waals surface area (Å²) in [5, 5.41) is 0. The maximum Gasteiger partial charge on any atom is 0.226 e. The second kappa shape index (κ2) is 7.96. The molecule has 0 spiro atoms. The van der Waals surface area contributed by atoms with Crippen molar-refractivity contribution in [1.29, 1.82) is 0 Å². The van der Waals surface area contributed by atoms with E-state index in [1.165, 1.54) is 6.54 Å². The maximum atomic E-state index is 12.3. The first-order valence-electron chi connectivity index (χ1n) is 8.03. The molecule has 0 bridgehead atoms. The van der Waals surface area contributed by atoms with Crippen LogP contribution in [0, 0.1) is 11.8 Å². The van der Waals surface area contributed by atoms with Crippen LogP contribution in [-0.4, -0.2) is 68.2 Å². The fourth-order valence-corrected chi connectivity index (χ4v) is 3.19. The molecular weight excluding hydrogens is 254 g/mol. The summed E-state index contributed by atoms with van der Waals surface area (Å²) in [5.74, 6) is 1.01. The number of hydrogen-bond acceptors (Lipinski definition) is 4. The van der Waals surface area contributed by atoms with Gasteiger partial charge in [0.25, 0.3) is 0 Å². The molecule has 1 amide bonds. The van der Waals surface area contributed by atoms with Crippen LogP contribution in [-0.2, 0) is 9.53 Å². The Morgan fingerprint density at radius 1 is 1.25 bits per heavy atom. The van der Waals surface area contributed by atoms with E-state index in [0.717, 1.165) is 64.6 Å². The molecule has 20 heavy (non-hydrogen) atoms. The molecule has 1 atom stereocenters. The minimum atomic E-state index is 0.0193. The molecule has 0 aromatic rings. The zero-order chi connectivity index (χ0) is 14.4. The third-order valence-corrected chi connectivity index (χ3v) is 4.67. The Morgan fingerprint density at radius 3 is 2.45 bits per heavy atom. The fraction of sp³-hybridized carbons (Fsp3) is 0.933. The Bertz CT molecular complexity index is 293. The summed E-state index contributed by atoms with van der Waals surface area (Å²) in [4.78, 5) is 16.8. The minimum absolute atomic E-state index is 0.0193. The Labute approximate surface area is 122 Å². The number of rotatable bonds is 5. The zero-order valence-corrected chi connectivity index (χ0v) is 12.7. The highest BCUT2D eigenvalue weighted by Gasteiger charge is 2.27. The first kappa shape index (κ1) is 15.7. The molecular formula is C15H29N3O2. The molecule has 2 N–H and O–H groups in total. The normalized spacial score (nSPS) is 23.8. The van der Waals surface area contributed by atoms with Gasteiger partial charge in [-0.05, 0) is 25.2 Å². The lowest BCUT2D eigenvalue weighted by Gasteiger charge is -2.37. The highest BCUT2D eigenvalue weighted by molar-refractivity contribution is 5.79. The summed E-state index contributed by atoms with van der Waals surface area (Å²) in [7, 11) is 0. The third-order valence-electron chi connectivity index (χ3n) is 4.67. The van der Waals surface area contributed by atoms with Crippen LogP contribution >= 0.6 is 0 Å². The van der Waals surface area contributed by atoms with E-state index < -0.39 is 0 Å². The Hall–Kier alpha value is -0.650. The lowest BCUT2D eigenvalue weighted by molar-refractivity contribution is -0.136. The fourth-order valence-electron chi connectivity index (χ4n) is 3.19. The number of likely N-dealkylation sites (tertiary alicyclic amines) is 1. The van der Waals surface area contributed by atoms with Gasteiger partial charge in [0.1, 0.15) is 0 Å². The molecule has 2 aliphatic heterocycles. The average Bonchev–Trinajstić information content (AvgIpc) is 2.50. The molecule has 2 fully saturated rings. The number of nitrogens with zero attached hydrogens (tertiary/aromatic N) is 2. The first-order valence-corrected chi connectivity index (χ1v) is 8.03. The van der Waals surface area contributed by atoms with Gasteiger partial charge in [-0.15, -0.1) is 0 Å². The van der Waals surface area contributed by atoms with E-state index in [4.69, 9.17) is 10.5 Å². The van der Waals surface area contributed by atoms with Crippen LogP contribution in [0.15, 0.2) is 0 Å². The van der Waals surface area contributed by atoms with Crippen LogP contribution in [0.3, 0.4) is 0 Å². The largest absolute Gasteiger partial charge is 0.379 e. The van der Waals surface area contributed by atoms with E-state index in [9.17, 15) is 4.79 Å². The molecule has 0 saturated carbocycles. The molecule has 5 heteroatoms. The van der Waals surface area contributed by atoms with Gasteiger partial charge in [-0.25, -0.2) is 0 Å². The van der Waals surface area contributed by atoms with Crippen LogP contribution < -0.4 is 5.73 Å². The van der Waals surface area contributed by atoms with Gasteiger partial charge in [0.05, 0.1) is 19.1 Å². The summed E-state index contributed by atoms with van der Waals surface area (Å²) in [5.41, 5.74) is 5.68.